The monoisotopic (exact) mass is 440 g/mol. The van der Waals surface area contributed by atoms with Crippen molar-refractivity contribution in [2.75, 3.05) is 44.2 Å². The molecule has 3 rings (SSSR count). The molecule has 31 heavy (non-hydrogen) atoms. The van der Waals surface area contributed by atoms with E-state index in [2.05, 4.69) is 4.98 Å². The van der Waals surface area contributed by atoms with Gasteiger partial charge < -0.3 is 14.7 Å². The average Bonchev–Trinajstić information content (AvgIpc) is 2.98. The first kappa shape index (κ1) is 23.3. The Bertz CT molecular complexity index is 781. The van der Waals surface area contributed by atoms with Gasteiger partial charge in [-0.1, -0.05) is 20.8 Å². The number of rotatable bonds is 2. The Morgan fingerprint density at radius 2 is 1.61 bits per heavy atom. The van der Waals surface area contributed by atoms with E-state index in [0.29, 0.717) is 57.9 Å². The molecule has 2 aliphatic heterocycles. The van der Waals surface area contributed by atoms with Crippen molar-refractivity contribution in [2.24, 2.45) is 11.3 Å². The van der Waals surface area contributed by atoms with Crippen molar-refractivity contribution in [3.05, 3.63) is 23.9 Å². The summed E-state index contributed by atoms with van der Waals surface area (Å²) in [6.07, 6.45) is -1.48. The second kappa shape index (κ2) is 9.04. The summed E-state index contributed by atoms with van der Waals surface area (Å²) in [5.41, 5.74) is -1.18. The minimum Gasteiger partial charge on any atom is -0.355 e. The van der Waals surface area contributed by atoms with Crippen LogP contribution in [0.1, 0.15) is 45.6 Å². The summed E-state index contributed by atoms with van der Waals surface area (Å²) in [7, 11) is 0. The lowest BCUT2D eigenvalue weighted by atomic mass is 9.90. The van der Waals surface area contributed by atoms with Gasteiger partial charge in [0.1, 0.15) is 5.82 Å². The van der Waals surface area contributed by atoms with Crippen molar-refractivity contribution in [3.8, 4) is 0 Å². The summed E-state index contributed by atoms with van der Waals surface area (Å²) in [4.78, 5) is 35.1. The largest absolute Gasteiger partial charge is 0.417 e. The fraction of sp³-hybridized carbons (Fsp3) is 0.682. The van der Waals surface area contributed by atoms with E-state index in [4.69, 9.17) is 0 Å². The van der Waals surface area contributed by atoms with Crippen LogP contribution in [0.5, 0.6) is 0 Å². The average molecular weight is 441 g/mol. The van der Waals surface area contributed by atoms with Crippen LogP contribution in [0.3, 0.4) is 0 Å². The normalized spacial score (nSPS) is 19.4. The molecule has 2 fully saturated rings. The highest BCUT2D eigenvalue weighted by atomic mass is 19.4. The number of amides is 2. The third kappa shape index (κ3) is 5.68. The van der Waals surface area contributed by atoms with Crippen LogP contribution in [0.2, 0.25) is 0 Å². The zero-order chi connectivity index (χ0) is 22.8. The number of likely N-dealkylation sites (tertiary alicyclic amines) is 1. The second-order valence-corrected chi connectivity index (χ2v) is 9.39. The first-order valence-electron chi connectivity index (χ1n) is 10.8. The van der Waals surface area contributed by atoms with Crippen molar-refractivity contribution in [1.29, 1.82) is 0 Å². The lowest BCUT2D eigenvalue weighted by Gasteiger charge is -2.36. The maximum absolute atomic E-state index is 13.0. The Balaban J connectivity index is 1.54. The van der Waals surface area contributed by atoms with E-state index in [0.717, 1.165) is 18.7 Å². The summed E-state index contributed by atoms with van der Waals surface area (Å²) in [6, 6.07) is 2.44. The molecule has 1 aromatic rings. The number of halogens is 3. The van der Waals surface area contributed by atoms with Crippen molar-refractivity contribution in [3.63, 3.8) is 0 Å². The fourth-order valence-corrected chi connectivity index (χ4v) is 4.17. The van der Waals surface area contributed by atoms with Gasteiger partial charge >= 0.3 is 6.18 Å². The van der Waals surface area contributed by atoms with Gasteiger partial charge in [0.05, 0.1) is 5.56 Å². The van der Waals surface area contributed by atoms with Gasteiger partial charge in [-0.2, -0.15) is 13.2 Å². The lowest BCUT2D eigenvalue weighted by Crippen LogP contribution is -2.47. The van der Waals surface area contributed by atoms with Gasteiger partial charge in [0.2, 0.25) is 11.8 Å². The molecule has 0 saturated carbocycles. The SMILES string of the molecule is CC(C)(C)C(=O)N1CCC(C(=O)N2CCCN(c3ccc(C(F)(F)F)cn3)CC2)CC1. The third-order valence-corrected chi connectivity index (χ3v) is 5.98. The summed E-state index contributed by atoms with van der Waals surface area (Å²) in [5.74, 6) is 0.647. The smallest absolute Gasteiger partial charge is 0.355 e. The Labute approximate surface area is 181 Å². The van der Waals surface area contributed by atoms with Crippen molar-refractivity contribution >= 4 is 17.6 Å². The van der Waals surface area contributed by atoms with Gasteiger partial charge in [0.25, 0.3) is 0 Å². The molecular formula is C22H31F3N4O2. The van der Waals surface area contributed by atoms with Crippen LogP contribution < -0.4 is 4.90 Å². The first-order valence-corrected chi connectivity index (χ1v) is 10.8. The zero-order valence-electron chi connectivity index (χ0n) is 18.4. The molecule has 0 aromatic carbocycles. The van der Waals surface area contributed by atoms with Gasteiger partial charge in [-0.3, -0.25) is 9.59 Å². The molecule has 0 atom stereocenters. The zero-order valence-corrected chi connectivity index (χ0v) is 18.4. The van der Waals surface area contributed by atoms with E-state index in [-0.39, 0.29) is 17.7 Å². The lowest BCUT2D eigenvalue weighted by molar-refractivity contribution is -0.144. The van der Waals surface area contributed by atoms with E-state index in [9.17, 15) is 22.8 Å². The van der Waals surface area contributed by atoms with E-state index >= 15 is 0 Å². The number of carbonyl (C=O) groups is 2. The summed E-state index contributed by atoms with van der Waals surface area (Å²) < 4.78 is 38.3. The Hall–Kier alpha value is -2.32. The number of pyridine rings is 1. The number of alkyl halides is 3. The topological polar surface area (TPSA) is 56.8 Å². The number of carbonyl (C=O) groups excluding carboxylic acids is 2. The van der Waals surface area contributed by atoms with E-state index < -0.39 is 17.2 Å². The molecular weight excluding hydrogens is 409 g/mol. The molecule has 6 nitrogen and oxygen atoms in total. The molecule has 0 radical (unpaired) electrons. The highest BCUT2D eigenvalue weighted by Crippen LogP contribution is 2.30. The van der Waals surface area contributed by atoms with Crippen LogP contribution in [0.15, 0.2) is 18.3 Å². The minimum absolute atomic E-state index is 0.0836. The summed E-state index contributed by atoms with van der Waals surface area (Å²) >= 11 is 0. The van der Waals surface area contributed by atoms with Gasteiger partial charge in [0.15, 0.2) is 0 Å². The molecule has 0 aliphatic carbocycles. The van der Waals surface area contributed by atoms with Gasteiger partial charge in [-0.25, -0.2) is 4.98 Å². The quantitative estimate of drug-likeness (QED) is 0.707. The standard InChI is InChI=1S/C22H31F3N4O2/c1-21(2,3)20(31)29-11-7-16(8-12-29)19(30)28-10-4-9-27(13-14-28)18-6-5-17(15-26-18)22(23,24)25/h5-6,15-16H,4,7-14H2,1-3H3. The van der Waals surface area contributed by atoms with Crippen LogP contribution in [-0.2, 0) is 15.8 Å². The second-order valence-electron chi connectivity index (χ2n) is 9.39. The van der Waals surface area contributed by atoms with E-state index in [1.165, 1.54) is 6.07 Å². The Morgan fingerprint density at radius 3 is 2.16 bits per heavy atom. The molecule has 0 unspecified atom stereocenters. The number of nitrogens with zero attached hydrogens (tertiary/aromatic N) is 4. The van der Waals surface area contributed by atoms with Crippen molar-refractivity contribution in [2.45, 2.75) is 46.2 Å². The number of hydrogen-bond donors (Lipinski definition) is 0. The van der Waals surface area contributed by atoms with Crippen LogP contribution in [-0.4, -0.2) is 65.9 Å². The molecule has 2 saturated heterocycles. The minimum atomic E-state index is -4.40. The molecule has 9 heteroatoms. The highest BCUT2D eigenvalue weighted by molar-refractivity contribution is 5.82. The maximum Gasteiger partial charge on any atom is 0.417 e. The Morgan fingerprint density at radius 1 is 0.935 bits per heavy atom. The summed E-state index contributed by atoms with van der Waals surface area (Å²) in [5, 5.41) is 0. The predicted molar refractivity (Wildman–Crippen MR) is 111 cm³/mol. The maximum atomic E-state index is 13.0. The highest BCUT2D eigenvalue weighted by Gasteiger charge is 2.34. The van der Waals surface area contributed by atoms with Crippen molar-refractivity contribution < 1.29 is 22.8 Å². The van der Waals surface area contributed by atoms with Gasteiger partial charge in [-0.05, 0) is 31.4 Å². The Kier molecular flexibility index (Phi) is 6.81. The number of hydrogen-bond acceptors (Lipinski definition) is 4. The van der Waals surface area contributed by atoms with Crippen LogP contribution in [0.25, 0.3) is 0 Å². The molecule has 1 aromatic heterocycles. The van der Waals surface area contributed by atoms with Crippen LogP contribution in [0, 0.1) is 11.3 Å². The van der Waals surface area contributed by atoms with E-state index in [1.54, 1.807) is 0 Å². The van der Waals surface area contributed by atoms with Crippen LogP contribution >= 0.6 is 0 Å². The van der Waals surface area contributed by atoms with Crippen molar-refractivity contribution in [1.82, 2.24) is 14.8 Å². The van der Waals surface area contributed by atoms with E-state index in [1.807, 2.05) is 35.5 Å². The van der Waals surface area contributed by atoms with Gasteiger partial charge in [0, 0.05) is 56.8 Å². The third-order valence-electron chi connectivity index (χ3n) is 5.98. The molecule has 2 amide bonds. The predicted octanol–water partition coefficient (Wildman–Crippen LogP) is 3.42. The molecule has 2 aliphatic rings. The van der Waals surface area contributed by atoms with Gasteiger partial charge in [-0.15, -0.1) is 0 Å². The summed E-state index contributed by atoms with van der Waals surface area (Å²) in [6.45, 7) is 9.22. The molecule has 0 N–H and O–H groups in total. The molecule has 3 heterocycles. The molecule has 172 valence electrons. The number of anilines is 1. The number of aromatic nitrogens is 1. The number of piperidine rings is 1. The first-order chi connectivity index (χ1) is 14.5. The van der Waals surface area contributed by atoms with Crippen LogP contribution in [0.4, 0.5) is 19.0 Å². The fourth-order valence-electron chi connectivity index (χ4n) is 4.17. The molecule has 0 spiro atoms. The molecule has 0 bridgehead atoms.